The lowest BCUT2D eigenvalue weighted by atomic mass is 10.5. The maximum absolute atomic E-state index is 8.68. The molecule has 0 amide bonds. The van der Waals surface area contributed by atoms with Crippen molar-refractivity contribution in [3.05, 3.63) is 32.7 Å². The van der Waals surface area contributed by atoms with E-state index < -0.39 is 0 Å². The predicted molar refractivity (Wildman–Crippen MR) is 57.6 cm³/mol. The molecule has 64 valence electrons. The van der Waals surface area contributed by atoms with Crippen molar-refractivity contribution in [3.8, 4) is 6.07 Å². The van der Waals surface area contributed by atoms with Crippen LogP contribution in [0.1, 0.15) is 5.69 Å². The molecule has 0 spiro atoms. The van der Waals surface area contributed by atoms with Gasteiger partial charge >= 0.3 is 0 Å². The number of imidazole rings is 1. The van der Waals surface area contributed by atoms with Gasteiger partial charge < -0.3 is 0 Å². The molecule has 0 radical (unpaired) electrons. The van der Waals surface area contributed by atoms with Crippen molar-refractivity contribution in [2.24, 2.45) is 0 Å². The highest BCUT2D eigenvalue weighted by Gasteiger charge is 2.08. The van der Waals surface area contributed by atoms with Crippen LogP contribution >= 0.6 is 34.2 Å². The fourth-order valence-corrected chi connectivity index (χ4v) is 1.73. The topological polar surface area (TPSA) is 41.1 Å². The van der Waals surface area contributed by atoms with Crippen LogP contribution in [-0.4, -0.2) is 9.38 Å². The van der Waals surface area contributed by atoms with Crippen LogP contribution < -0.4 is 0 Å². The molecule has 13 heavy (non-hydrogen) atoms. The van der Waals surface area contributed by atoms with Gasteiger partial charge in [-0.05, 0) is 34.7 Å². The summed E-state index contributed by atoms with van der Waals surface area (Å²) in [7, 11) is 0. The molecule has 0 atom stereocenters. The minimum atomic E-state index is 0.267. The van der Waals surface area contributed by atoms with Crippen molar-refractivity contribution < 1.29 is 0 Å². The third kappa shape index (κ3) is 1.38. The van der Waals surface area contributed by atoms with Gasteiger partial charge in [0.1, 0.15) is 11.7 Å². The van der Waals surface area contributed by atoms with Crippen LogP contribution in [0.2, 0.25) is 5.15 Å². The molecule has 3 nitrogen and oxygen atoms in total. The number of hydrogen-bond acceptors (Lipinski definition) is 2. The van der Waals surface area contributed by atoms with E-state index in [0.717, 1.165) is 3.57 Å². The number of fused-ring (bicyclic) bond motifs is 1. The van der Waals surface area contributed by atoms with E-state index in [1.54, 1.807) is 10.6 Å². The van der Waals surface area contributed by atoms with E-state index in [0.29, 0.717) is 10.8 Å². The fraction of sp³-hybridized carbons (Fsp3) is 0. The first-order valence-corrected chi connectivity index (χ1v) is 4.91. The monoisotopic (exact) mass is 303 g/mol. The standard InChI is InChI=1S/C8H3ClIN3/c9-8-6(4-11)12-7-3-5(10)1-2-13(7)8/h1-3H. The van der Waals surface area contributed by atoms with Gasteiger partial charge in [-0.15, -0.1) is 0 Å². The Morgan fingerprint density at radius 3 is 3.08 bits per heavy atom. The molecule has 0 aliphatic heterocycles. The fourth-order valence-electron chi connectivity index (χ4n) is 1.06. The van der Waals surface area contributed by atoms with Crippen LogP contribution in [0.5, 0.6) is 0 Å². The maximum Gasteiger partial charge on any atom is 0.178 e. The smallest absolute Gasteiger partial charge is 0.178 e. The number of aromatic nitrogens is 2. The molecule has 2 aromatic heterocycles. The van der Waals surface area contributed by atoms with Gasteiger partial charge in [0.2, 0.25) is 0 Å². The van der Waals surface area contributed by atoms with Crippen LogP contribution in [-0.2, 0) is 0 Å². The minimum Gasteiger partial charge on any atom is -0.289 e. The molecule has 0 aliphatic carbocycles. The van der Waals surface area contributed by atoms with Crippen LogP contribution in [0, 0.1) is 14.9 Å². The third-order valence-electron chi connectivity index (χ3n) is 1.64. The highest BCUT2D eigenvalue weighted by atomic mass is 127. The van der Waals surface area contributed by atoms with Gasteiger partial charge in [-0.3, -0.25) is 4.40 Å². The van der Waals surface area contributed by atoms with E-state index in [1.165, 1.54) is 0 Å². The molecule has 0 unspecified atom stereocenters. The van der Waals surface area contributed by atoms with Gasteiger partial charge in [-0.25, -0.2) is 4.98 Å². The molecule has 0 aromatic carbocycles. The second kappa shape index (κ2) is 3.16. The van der Waals surface area contributed by atoms with Gasteiger partial charge in [-0.1, -0.05) is 11.6 Å². The second-order valence-corrected chi connectivity index (χ2v) is 4.04. The van der Waals surface area contributed by atoms with E-state index in [4.69, 9.17) is 16.9 Å². The van der Waals surface area contributed by atoms with E-state index in [2.05, 4.69) is 27.6 Å². The lowest BCUT2D eigenvalue weighted by Gasteiger charge is -1.93. The third-order valence-corrected chi connectivity index (χ3v) is 2.67. The van der Waals surface area contributed by atoms with Crippen molar-refractivity contribution in [3.63, 3.8) is 0 Å². The van der Waals surface area contributed by atoms with Gasteiger partial charge in [0, 0.05) is 9.77 Å². The molecule has 0 bridgehead atoms. The Kier molecular flexibility index (Phi) is 2.14. The second-order valence-electron chi connectivity index (χ2n) is 2.44. The van der Waals surface area contributed by atoms with Crippen molar-refractivity contribution in [2.75, 3.05) is 0 Å². The van der Waals surface area contributed by atoms with E-state index in [1.807, 2.05) is 18.2 Å². The van der Waals surface area contributed by atoms with E-state index in [-0.39, 0.29) is 5.69 Å². The van der Waals surface area contributed by atoms with Crippen molar-refractivity contribution in [1.29, 1.82) is 5.26 Å². The van der Waals surface area contributed by atoms with Crippen LogP contribution in [0.3, 0.4) is 0 Å². The normalized spacial score (nSPS) is 10.2. The number of hydrogen-bond donors (Lipinski definition) is 0. The quantitative estimate of drug-likeness (QED) is 0.702. The van der Waals surface area contributed by atoms with Gasteiger partial charge in [0.25, 0.3) is 0 Å². The first kappa shape index (κ1) is 8.78. The Hall–Kier alpha value is -0.800. The highest BCUT2D eigenvalue weighted by Crippen LogP contribution is 2.18. The van der Waals surface area contributed by atoms with Gasteiger partial charge in [0.05, 0.1) is 0 Å². The SMILES string of the molecule is N#Cc1nc2cc(I)ccn2c1Cl. The summed E-state index contributed by atoms with van der Waals surface area (Å²) in [6.07, 6.45) is 1.80. The zero-order valence-corrected chi connectivity index (χ0v) is 9.24. The summed E-state index contributed by atoms with van der Waals surface area (Å²) < 4.78 is 2.75. The first-order valence-electron chi connectivity index (χ1n) is 3.45. The Balaban J connectivity index is 2.86. The number of rotatable bonds is 0. The summed E-state index contributed by atoms with van der Waals surface area (Å²) in [5.41, 5.74) is 0.970. The average molecular weight is 303 g/mol. The van der Waals surface area contributed by atoms with Crippen molar-refractivity contribution in [2.45, 2.75) is 0 Å². The molecule has 2 rings (SSSR count). The lowest BCUT2D eigenvalue weighted by Crippen LogP contribution is -1.83. The Labute approximate surface area is 93.1 Å². The largest absolute Gasteiger partial charge is 0.289 e. The molecule has 0 saturated heterocycles. The van der Waals surface area contributed by atoms with Crippen LogP contribution in [0.25, 0.3) is 5.65 Å². The van der Waals surface area contributed by atoms with Crippen molar-refractivity contribution >= 4 is 39.8 Å². The van der Waals surface area contributed by atoms with Crippen LogP contribution in [0.4, 0.5) is 0 Å². The van der Waals surface area contributed by atoms with Crippen LogP contribution in [0.15, 0.2) is 18.3 Å². The van der Waals surface area contributed by atoms with Gasteiger partial charge in [0.15, 0.2) is 10.8 Å². The summed E-state index contributed by atoms with van der Waals surface area (Å²) in [4.78, 5) is 4.06. The molecule has 2 aromatic rings. The molecule has 0 saturated carbocycles. The molecular formula is C8H3ClIN3. The number of nitrogens with zero attached hydrogens (tertiary/aromatic N) is 3. The summed E-state index contributed by atoms with van der Waals surface area (Å²) in [5, 5.41) is 9.05. The molecule has 0 fully saturated rings. The van der Waals surface area contributed by atoms with E-state index >= 15 is 0 Å². The van der Waals surface area contributed by atoms with Crippen molar-refractivity contribution in [1.82, 2.24) is 9.38 Å². The molecular weight excluding hydrogens is 300 g/mol. The summed E-state index contributed by atoms with van der Waals surface area (Å²) in [6.45, 7) is 0. The Bertz CT molecular complexity index is 512. The first-order chi connectivity index (χ1) is 6.22. The summed E-state index contributed by atoms with van der Waals surface area (Å²) in [6, 6.07) is 5.71. The number of nitriles is 1. The molecule has 5 heteroatoms. The average Bonchev–Trinajstić information content (AvgIpc) is 2.42. The number of pyridine rings is 1. The highest BCUT2D eigenvalue weighted by molar-refractivity contribution is 14.1. The Morgan fingerprint density at radius 2 is 2.38 bits per heavy atom. The van der Waals surface area contributed by atoms with E-state index in [9.17, 15) is 0 Å². The number of halogens is 2. The lowest BCUT2D eigenvalue weighted by molar-refractivity contribution is 1.18. The molecule has 2 heterocycles. The maximum atomic E-state index is 8.68. The summed E-state index contributed by atoms with van der Waals surface area (Å²) >= 11 is 8.07. The zero-order valence-electron chi connectivity index (χ0n) is 6.33. The summed E-state index contributed by atoms with van der Waals surface area (Å²) in [5.74, 6) is 0. The molecule has 0 aliphatic rings. The Morgan fingerprint density at radius 1 is 1.62 bits per heavy atom. The predicted octanol–water partition coefficient (Wildman–Crippen LogP) is 2.46. The molecule has 0 N–H and O–H groups in total. The minimum absolute atomic E-state index is 0.267. The van der Waals surface area contributed by atoms with Gasteiger partial charge in [-0.2, -0.15) is 5.26 Å². The zero-order chi connectivity index (χ0) is 9.42.